The number of hydrogen-bond acceptors (Lipinski definition) is 5. The molecule has 0 saturated heterocycles. The number of nitrogens with one attached hydrogen (secondary N) is 2. The first-order valence-electron chi connectivity index (χ1n) is 8.24. The maximum Gasteiger partial charge on any atom is 0.416 e. The van der Waals surface area contributed by atoms with Crippen molar-refractivity contribution in [3.8, 4) is 0 Å². The Morgan fingerprint density at radius 1 is 1.24 bits per heavy atom. The Morgan fingerprint density at radius 3 is 2.45 bits per heavy atom. The first-order valence-corrected chi connectivity index (χ1v) is 9.61. The van der Waals surface area contributed by atoms with Crippen molar-refractivity contribution in [2.24, 2.45) is 5.10 Å². The van der Waals surface area contributed by atoms with E-state index < -0.39 is 17.7 Å². The van der Waals surface area contributed by atoms with E-state index in [0.29, 0.717) is 27.7 Å². The first kappa shape index (κ1) is 22.8. The third-order valence-electron chi connectivity index (χ3n) is 3.75. The van der Waals surface area contributed by atoms with Gasteiger partial charge >= 0.3 is 12.1 Å². The number of aliphatic carboxylic acids is 1. The van der Waals surface area contributed by atoms with E-state index in [9.17, 15) is 18.0 Å². The minimum atomic E-state index is -4.40. The third kappa shape index (κ3) is 7.10. The molecule has 0 aliphatic carbocycles. The number of thioether (sulfide) groups is 1. The summed E-state index contributed by atoms with van der Waals surface area (Å²) in [4.78, 5) is 11.5. The van der Waals surface area contributed by atoms with Gasteiger partial charge in [-0.3, -0.25) is 10.2 Å². The van der Waals surface area contributed by atoms with Crippen molar-refractivity contribution in [3.63, 3.8) is 0 Å². The first-order chi connectivity index (χ1) is 13.6. The Bertz CT molecular complexity index is 931. The SMILES string of the molecule is C/C(=N/Nc1ccc(C(F)(F)F)cc1)C(=N)CSc1ccc(CC(=O)O)c(Cl)c1. The number of hydrogen-bond donors (Lipinski definition) is 3. The summed E-state index contributed by atoms with van der Waals surface area (Å²) in [7, 11) is 0. The molecule has 2 aromatic carbocycles. The smallest absolute Gasteiger partial charge is 0.416 e. The Kier molecular flexibility index (Phi) is 7.69. The second-order valence-electron chi connectivity index (χ2n) is 5.98. The molecule has 0 radical (unpaired) electrons. The third-order valence-corrected chi connectivity index (χ3v) is 5.12. The number of anilines is 1. The van der Waals surface area contributed by atoms with E-state index in [1.54, 1.807) is 25.1 Å². The van der Waals surface area contributed by atoms with E-state index in [4.69, 9.17) is 22.1 Å². The summed E-state index contributed by atoms with van der Waals surface area (Å²) < 4.78 is 37.7. The van der Waals surface area contributed by atoms with E-state index in [1.807, 2.05) is 0 Å². The van der Waals surface area contributed by atoms with Gasteiger partial charge in [0.2, 0.25) is 0 Å². The van der Waals surface area contributed by atoms with Crippen LogP contribution in [0.15, 0.2) is 52.5 Å². The number of benzene rings is 2. The number of nitrogens with zero attached hydrogens (tertiary/aromatic N) is 1. The lowest BCUT2D eigenvalue weighted by Gasteiger charge is -2.09. The maximum atomic E-state index is 12.6. The molecule has 0 saturated carbocycles. The lowest BCUT2D eigenvalue weighted by atomic mass is 10.1. The predicted octanol–water partition coefficient (Wildman–Crippen LogP) is 5.59. The average Bonchev–Trinajstić information content (AvgIpc) is 2.65. The number of carboxylic acids is 1. The van der Waals surface area contributed by atoms with Gasteiger partial charge in [-0.05, 0) is 48.9 Å². The van der Waals surface area contributed by atoms with Crippen molar-refractivity contribution < 1.29 is 23.1 Å². The van der Waals surface area contributed by atoms with Crippen LogP contribution in [0.25, 0.3) is 0 Å². The van der Waals surface area contributed by atoms with Gasteiger partial charge in [-0.2, -0.15) is 18.3 Å². The van der Waals surface area contributed by atoms with Gasteiger partial charge < -0.3 is 10.5 Å². The minimum absolute atomic E-state index is 0.166. The van der Waals surface area contributed by atoms with Crippen LogP contribution in [0.4, 0.5) is 18.9 Å². The van der Waals surface area contributed by atoms with Gasteiger partial charge in [-0.25, -0.2) is 0 Å². The molecule has 0 heterocycles. The molecule has 2 aromatic rings. The molecule has 3 N–H and O–H groups in total. The number of carbonyl (C=O) groups is 1. The Morgan fingerprint density at radius 2 is 1.90 bits per heavy atom. The van der Waals surface area contributed by atoms with Crippen LogP contribution in [-0.4, -0.2) is 28.3 Å². The highest BCUT2D eigenvalue weighted by atomic mass is 35.5. The van der Waals surface area contributed by atoms with Crippen LogP contribution in [0.2, 0.25) is 5.02 Å². The Balaban J connectivity index is 1.91. The van der Waals surface area contributed by atoms with Gasteiger partial charge in [0.05, 0.1) is 29.1 Å². The molecule has 5 nitrogen and oxygen atoms in total. The number of carboxylic acid groups (broad SMARTS) is 1. The lowest BCUT2D eigenvalue weighted by molar-refractivity contribution is -0.138. The van der Waals surface area contributed by atoms with Crippen LogP contribution in [0.3, 0.4) is 0 Å². The van der Waals surface area contributed by atoms with Gasteiger partial charge in [-0.1, -0.05) is 17.7 Å². The fourth-order valence-electron chi connectivity index (χ4n) is 2.13. The zero-order chi connectivity index (χ0) is 21.6. The minimum Gasteiger partial charge on any atom is -0.481 e. The van der Waals surface area contributed by atoms with Crippen LogP contribution in [0.5, 0.6) is 0 Å². The summed E-state index contributed by atoms with van der Waals surface area (Å²) in [6.07, 6.45) is -4.56. The largest absolute Gasteiger partial charge is 0.481 e. The second-order valence-corrected chi connectivity index (χ2v) is 7.43. The van der Waals surface area contributed by atoms with E-state index in [1.165, 1.54) is 23.9 Å². The predicted molar refractivity (Wildman–Crippen MR) is 109 cm³/mol. The maximum absolute atomic E-state index is 12.6. The number of rotatable bonds is 8. The standard InChI is InChI=1S/C19H17ClF3N3O2S/c1-11(25-26-14-5-3-13(4-6-14)19(21,22)23)17(24)10-29-15-7-2-12(8-18(27)28)16(20)9-15/h2-7,9,24,26H,8,10H2,1H3,(H,27,28)/b24-17?,25-11-. The molecule has 0 unspecified atom stereocenters. The van der Waals surface area contributed by atoms with Crippen LogP contribution in [-0.2, 0) is 17.4 Å². The molecule has 0 amide bonds. The summed E-state index contributed by atoms with van der Waals surface area (Å²) in [5.74, 6) is -0.681. The molecular weight excluding hydrogens is 427 g/mol. The molecule has 0 aliphatic heterocycles. The van der Waals surface area contributed by atoms with Crippen molar-refractivity contribution in [1.82, 2.24) is 0 Å². The quantitative estimate of drug-likeness (QED) is 0.282. The lowest BCUT2D eigenvalue weighted by Crippen LogP contribution is -2.13. The highest BCUT2D eigenvalue weighted by Gasteiger charge is 2.29. The molecule has 29 heavy (non-hydrogen) atoms. The van der Waals surface area contributed by atoms with Crippen LogP contribution in [0.1, 0.15) is 18.1 Å². The molecule has 0 atom stereocenters. The summed E-state index contributed by atoms with van der Waals surface area (Å²) >= 11 is 7.41. The van der Waals surface area contributed by atoms with Crippen LogP contribution < -0.4 is 5.43 Å². The molecule has 0 aliphatic rings. The molecule has 154 valence electrons. The average molecular weight is 444 g/mol. The number of hydrazone groups is 1. The van der Waals surface area contributed by atoms with Gasteiger partial charge in [0.15, 0.2) is 0 Å². The van der Waals surface area contributed by atoms with Crippen molar-refractivity contribution >= 4 is 46.4 Å². The van der Waals surface area contributed by atoms with E-state index >= 15 is 0 Å². The van der Waals surface area contributed by atoms with Crippen LogP contribution >= 0.6 is 23.4 Å². The molecular formula is C19H17ClF3N3O2S. The highest BCUT2D eigenvalue weighted by Crippen LogP contribution is 2.30. The van der Waals surface area contributed by atoms with E-state index in [0.717, 1.165) is 17.0 Å². The zero-order valence-electron chi connectivity index (χ0n) is 15.2. The zero-order valence-corrected chi connectivity index (χ0v) is 16.8. The Hall–Kier alpha value is -2.52. The van der Waals surface area contributed by atoms with E-state index in [-0.39, 0.29) is 12.1 Å². The molecule has 0 fully saturated rings. The second kappa shape index (κ2) is 9.80. The number of halogens is 4. The summed E-state index contributed by atoms with van der Waals surface area (Å²) in [6, 6.07) is 9.44. The van der Waals surface area contributed by atoms with E-state index in [2.05, 4.69) is 10.5 Å². The van der Waals surface area contributed by atoms with Gasteiger partial charge in [0.1, 0.15) is 0 Å². The summed E-state index contributed by atoms with van der Waals surface area (Å²) in [5, 5.41) is 21.2. The normalized spacial score (nSPS) is 12.0. The van der Waals surface area contributed by atoms with Gasteiger partial charge in [-0.15, -0.1) is 11.8 Å². The molecule has 0 bridgehead atoms. The topological polar surface area (TPSA) is 85.5 Å². The van der Waals surface area contributed by atoms with Crippen LogP contribution in [0, 0.1) is 5.41 Å². The Labute approximate surface area is 174 Å². The van der Waals surface area contributed by atoms with Crippen molar-refractivity contribution in [2.75, 3.05) is 11.2 Å². The summed E-state index contributed by atoms with van der Waals surface area (Å²) in [6.45, 7) is 1.61. The van der Waals surface area contributed by atoms with Gasteiger partial charge in [0.25, 0.3) is 0 Å². The monoisotopic (exact) mass is 443 g/mol. The van der Waals surface area contributed by atoms with Crippen molar-refractivity contribution in [3.05, 3.63) is 58.6 Å². The molecule has 0 aromatic heterocycles. The summed E-state index contributed by atoms with van der Waals surface area (Å²) in [5.41, 5.74) is 3.37. The highest BCUT2D eigenvalue weighted by molar-refractivity contribution is 8.00. The fourth-order valence-corrected chi connectivity index (χ4v) is 3.33. The molecule has 0 spiro atoms. The van der Waals surface area contributed by atoms with Crippen molar-refractivity contribution in [1.29, 1.82) is 5.41 Å². The van der Waals surface area contributed by atoms with Gasteiger partial charge in [0, 0.05) is 15.7 Å². The number of alkyl halides is 3. The molecule has 10 heteroatoms. The fraction of sp³-hybridized carbons (Fsp3) is 0.211. The molecule has 2 rings (SSSR count). The van der Waals surface area contributed by atoms with Crippen molar-refractivity contribution in [2.45, 2.75) is 24.4 Å².